The Balaban J connectivity index is 1.70. The van der Waals surface area contributed by atoms with E-state index in [-0.39, 0.29) is 18.2 Å². The molecule has 1 aliphatic rings. The third-order valence-electron chi connectivity index (χ3n) is 4.17. The third kappa shape index (κ3) is 6.67. The molecule has 0 unspecified atom stereocenters. The standard InChI is InChI=1S/C20H29N3O4/c1-20(2,3)27-19(26)23-13-7-10-16(23)18(25)22-12-11-21-14-17(24)15-8-5-4-6-9-15/h4-6,8-9,16,21H,7,10-14H2,1-3H3,(H,22,25)/t16-/m0/s1. The maximum atomic E-state index is 12.4. The highest BCUT2D eigenvalue weighted by Crippen LogP contribution is 2.20. The van der Waals surface area contributed by atoms with Gasteiger partial charge in [-0.2, -0.15) is 0 Å². The van der Waals surface area contributed by atoms with E-state index in [4.69, 9.17) is 4.74 Å². The summed E-state index contributed by atoms with van der Waals surface area (Å²) in [5, 5.41) is 5.85. The zero-order chi connectivity index (χ0) is 19.9. The Morgan fingerprint density at radius 1 is 1.15 bits per heavy atom. The zero-order valence-corrected chi connectivity index (χ0v) is 16.3. The summed E-state index contributed by atoms with van der Waals surface area (Å²) >= 11 is 0. The molecule has 1 saturated heterocycles. The Labute approximate surface area is 160 Å². The van der Waals surface area contributed by atoms with Gasteiger partial charge in [0.2, 0.25) is 5.91 Å². The Kier molecular flexibility index (Phi) is 7.36. The van der Waals surface area contributed by atoms with Gasteiger partial charge in [-0.25, -0.2) is 4.79 Å². The molecule has 1 aliphatic heterocycles. The van der Waals surface area contributed by atoms with Crippen molar-refractivity contribution in [2.24, 2.45) is 0 Å². The second-order valence-corrected chi connectivity index (χ2v) is 7.59. The summed E-state index contributed by atoms with van der Waals surface area (Å²) in [7, 11) is 0. The number of nitrogens with one attached hydrogen (secondary N) is 2. The Bertz CT molecular complexity index is 655. The molecular weight excluding hydrogens is 346 g/mol. The number of ketones is 1. The number of hydrogen-bond acceptors (Lipinski definition) is 5. The van der Waals surface area contributed by atoms with Crippen LogP contribution < -0.4 is 10.6 Å². The lowest BCUT2D eigenvalue weighted by Gasteiger charge is -2.28. The maximum absolute atomic E-state index is 12.4. The number of amides is 2. The second kappa shape index (κ2) is 9.50. The molecule has 0 aromatic heterocycles. The first kappa shape index (κ1) is 20.9. The van der Waals surface area contributed by atoms with E-state index in [2.05, 4.69) is 10.6 Å². The molecule has 7 nitrogen and oxygen atoms in total. The molecule has 2 rings (SSSR count). The molecule has 27 heavy (non-hydrogen) atoms. The van der Waals surface area contributed by atoms with Crippen LogP contribution in [0.25, 0.3) is 0 Å². The lowest BCUT2D eigenvalue weighted by molar-refractivity contribution is -0.125. The lowest BCUT2D eigenvalue weighted by atomic mass is 10.1. The quantitative estimate of drug-likeness (QED) is 0.562. The highest BCUT2D eigenvalue weighted by molar-refractivity contribution is 5.97. The van der Waals surface area contributed by atoms with Gasteiger partial charge < -0.3 is 15.4 Å². The minimum absolute atomic E-state index is 0.00817. The van der Waals surface area contributed by atoms with Crippen LogP contribution in [-0.4, -0.2) is 60.5 Å². The van der Waals surface area contributed by atoms with E-state index in [0.717, 1.165) is 6.42 Å². The van der Waals surface area contributed by atoms with Crippen molar-refractivity contribution in [1.82, 2.24) is 15.5 Å². The first-order valence-corrected chi connectivity index (χ1v) is 9.34. The fraction of sp³-hybridized carbons (Fsp3) is 0.550. The molecule has 7 heteroatoms. The second-order valence-electron chi connectivity index (χ2n) is 7.59. The van der Waals surface area contributed by atoms with Gasteiger partial charge in [-0.05, 0) is 33.6 Å². The highest BCUT2D eigenvalue weighted by atomic mass is 16.6. The number of carbonyl (C=O) groups is 3. The van der Waals surface area contributed by atoms with Crippen LogP contribution in [0.3, 0.4) is 0 Å². The predicted octanol–water partition coefficient (Wildman–Crippen LogP) is 1.97. The third-order valence-corrected chi connectivity index (χ3v) is 4.17. The van der Waals surface area contributed by atoms with Crippen molar-refractivity contribution in [3.63, 3.8) is 0 Å². The number of nitrogens with zero attached hydrogens (tertiary/aromatic N) is 1. The van der Waals surface area contributed by atoms with E-state index in [9.17, 15) is 14.4 Å². The molecule has 2 amide bonds. The van der Waals surface area contributed by atoms with Gasteiger partial charge in [0, 0.05) is 25.2 Å². The lowest BCUT2D eigenvalue weighted by Crippen LogP contribution is -2.48. The van der Waals surface area contributed by atoms with Crippen molar-refractivity contribution in [3.8, 4) is 0 Å². The number of likely N-dealkylation sites (tertiary alicyclic amines) is 1. The molecule has 1 aromatic carbocycles. The summed E-state index contributed by atoms with van der Waals surface area (Å²) in [5.74, 6) is -0.177. The van der Waals surface area contributed by atoms with Crippen LogP contribution in [0.4, 0.5) is 4.79 Å². The van der Waals surface area contributed by atoms with Crippen molar-refractivity contribution in [2.45, 2.75) is 45.3 Å². The van der Waals surface area contributed by atoms with E-state index < -0.39 is 17.7 Å². The first-order chi connectivity index (χ1) is 12.8. The SMILES string of the molecule is CC(C)(C)OC(=O)N1CCC[C@H]1C(=O)NCCNCC(=O)c1ccccc1. The van der Waals surface area contributed by atoms with Crippen LogP contribution >= 0.6 is 0 Å². The van der Waals surface area contributed by atoms with Crippen LogP contribution in [-0.2, 0) is 9.53 Å². The van der Waals surface area contributed by atoms with Gasteiger partial charge in [0.1, 0.15) is 11.6 Å². The van der Waals surface area contributed by atoms with Gasteiger partial charge in [0.25, 0.3) is 0 Å². The van der Waals surface area contributed by atoms with Gasteiger partial charge in [-0.15, -0.1) is 0 Å². The molecule has 1 heterocycles. The minimum Gasteiger partial charge on any atom is -0.444 e. The monoisotopic (exact) mass is 375 g/mol. The first-order valence-electron chi connectivity index (χ1n) is 9.34. The van der Waals surface area contributed by atoms with E-state index in [0.29, 0.717) is 31.6 Å². The summed E-state index contributed by atoms with van der Waals surface area (Å²) in [6.07, 6.45) is 0.957. The van der Waals surface area contributed by atoms with Gasteiger partial charge in [0.05, 0.1) is 6.54 Å². The van der Waals surface area contributed by atoms with Crippen LogP contribution in [0.2, 0.25) is 0 Å². The topological polar surface area (TPSA) is 87.7 Å². The van der Waals surface area contributed by atoms with Gasteiger partial charge in [-0.3, -0.25) is 14.5 Å². The van der Waals surface area contributed by atoms with Crippen LogP contribution in [0, 0.1) is 0 Å². The van der Waals surface area contributed by atoms with Crippen LogP contribution in [0.5, 0.6) is 0 Å². The predicted molar refractivity (Wildman–Crippen MR) is 103 cm³/mol. The molecule has 148 valence electrons. The summed E-state index contributed by atoms with van der Waals surface area (Å²) in [6.45, 7) is 7.02. The molecule has 0 bridgehead atoms. The van der Waals surface area contributed by atoms with Gasteiger partial charge in [-0.1, -0.05) is 30.3 Å². The Hall–Kier alpha value is -2.41. The summed E-state index contributed by atoms with van der Waals surface area (Å²) in [4.78, 5) is 38.1. The van der Waals surface area contributed by atoms with E-state index in [1.807, 2.05) is 18.2 Å². The molecule has 1 aromatic rings. The van der Waals surface area contributed by atoms with E-state index >= 15 is 0 Å². The van der Waals surface area contributed by atoms with Crippen molar-refractivity contribution in [1.29, 1.82) is 0 Å². The van der Waals surface area contributed by atoms with E-state index in [1.54, 1.807) is 32.9 Å². The fourth-order valence-corrected chi connectivity index (χ4v) is 2.90. The molecular formula is C20H29N3O4. The molecule has 0 saturated carbocycles. The summed E-state index contributed by atoms with van der Waals surface area (Å²) in [6, 6.07) is 8.57. The molecule has 2 N–H and O–H groups in total. The van der Waals surface area contributed by atoms with Crippen molar-refractivity contribution < 1.29 is 19.1 Å². The maximum Gasteiger partial charge on any atom is 0.410 e. The fourth-order valence-electron chi connectivity index (χ4n) is 2.90. The largest absolute Gasteiger partial charge is 0.444 e. The normalized spacial score (nSPS) is 16.9. The Morgan fingerprint density at radius 2 is 1.85 bits per heavy atom. The highest BCUT2D eigenvalue weighted by Gasteiger charge is 2.36. The van der Waals surface area contributed by atoms with Gasteiger partial charge in [0.15, 0.2) is 5.78 Å². The summed E-state index contributed by atoms with van der Waals surface area (Å²) < 4.78 is 5.37. The van der Waals surface area contributed by atoms with Crippen LogP contribution in [0.1, 0.15) is 44.0 Å². The minimum atomic E-state index is -0.587. The zero-order valence-electron chi connectivity index (χ0n) is 16.3. The Morgan fingerprint density at radius 3 is 2.52 bits per heavy atom. The average molecular weight is 375 g/mol. The van der Waals surface area contributed by atoms with Crippen molar-refractivity contribution >= 4 is 17.8 Å². The average Bonchev–Trinajstić information content (AvgIpc) is 3.10. The molecule has 1 fully saturated rings. The molecule has 0 spiro atoms. The molecule has 0 radical (unpaired) electrons. The number of ether oxygens (including phenoxy) is 1. The number of Topliss-reactive ketones (excluding diaryl/α,β-unsaturated/α-hetero) is 1. The number of carbonyl (C=O) groups excluding carboxylic acids is 3. The summed E-state index contributed by atoms with van der Waals surface area (Å²) in [5.41, 5.74) is 0.0728. The number of benzene rings is 1. The van der Waals surface area contributed by atoms with Crippen LogP contribution in [0.15, 0.2) is 30.3 Å². The van der Waals surface area contributed by atoms with Crippen molar-refractivity contribution in [3.05, 3.63) is 35.9 Å². The smallest absolute Gasteiger partial charge is 0.410 e. The van der Waals surface area contributed by atoms with Gasteiger partial charge >= 0.3 is 6.09 Å². The number of hydrogen-bond donors (Lipinski definition) is 2. The number of rotatable bonds is 7. The molecule has 1 atom stereocenters. The van der Waals surface area contributed by atoms with Crippen molar-refractivity contribution in [2.75, 3.05) is 26.2 Å². The van der Waals surface area contributed by atoms with E-state index in [1.165, 1.54) is 4.90 Å². The molecule has 0 aliphatic carbocycles.